The maximum atomic E-state index is 6.78. The molecule has 8 aromatic carbocycles. The fourth-order valence-electron chi connectivity index (χ4n) is 8.93. The van der Waals surface area contributed by atoms with E-state index < -0.39 is 0 Å². The average Bonchev–Trinajstić information content (AvgIpc) is 3.70. The highest BCUT2D eigenvalue weighted by molar-refractivity contribution is 6.26. The number of rotatable bonds is 5. The summed E-state index contributed by atoms with van der Waals surface area (Å²) in [6.45, 7) is 0. The summed E-state index contributed by atoms with van der Waals surface area (Å²) in [5.74, 6) is 0. The van der Waals surface area contributed by atoms with Crippen molar-refractivity contribution < 1.29 is 4.42 Å². The Kier molecular flexibility index (Phi) is 7.50. The predicted molar refractivity (Wildman–Crippen MR) is 244 cm³/mol. The zero-order valence-corrected chi connectivity index (χ0v) is 31.8. The summed E-state index contributed by atoms with van der Waals surface area (Å²) in [4.78, 5) is 14.1. The lowest BCUT2D eigenvalue weighted by molar-refractivity contribution is 0.673. The third-order valence-corrected chi connectivity index (χ3v) is 11.8. The zero-order valence-electron chi connectivity index (χ0n) is 31.8. The molecule has 0 saturated carbocycles. The van der Waals surface area contributed by atoms with E-state index in [0.29, 0.717) is 0 Å². The molecule has 4 heterocycles. The molecule has 12 aromatic rings. The van der Waals surface area contributed by atoms with Gasteiger partial charge < -0.3 is 4.42 Å². The summed E-state index contributed by atoms with van der Waals surface area (Å²) in [6.07, 6.45) is 3.60. The molecule has 59 heavy (non-hydrogen) atoms. The van der Waals surface area contributed by atoms with Crippen molar-refractivity contribution in [1.82, 2.24) is 15.0 Å². The molecule has 0 bridgehead atoms. The van der Waals surface area contributed by atoms with Crippen molar-refractivity contribution in [2.24, 2.45) is 0 Å². The van der Waals surface area contributed by atoms with E-state index >= 15 is 0 Å². The molecule has 4 heteroatoms. The lowest BCUT2D eigenvalue weighted by Crippen LogP contribution is -1.93. The molecule has 12 rings (SSSR count). The first-order chi connectivity index (χ1) is 29.2. The molecule has 0 saturated heterocycles. The number of benzene rings is 8. The molecule has 0 N–H and O–H groups in total. The van der Waals surface area contributed by atoms with Crippen LogP contribution in [-0.2, 0) is 0 Å². The Bertz CT molecular complexity index is 3500. The molecule has 0 unspecified atom stereocenters. The number of furan rings is 1. The SMILES string of the molecule is c1ccc(-c2cc(-c3ccc(-c4ccc5c(c4)oc4c6ccccc6c(-c6ccc7c8ccccc8c8ccccc8c7c6)cc54)cc3)cc(-c3ccccn3)n2)nc1. The second kappa shape index (κ2) is 13.3. The van der Waals surface area contributed by atoms with Gasteiger partial charge in [-0.1, -0.05) is 127 Å². The molecule has 0 amide bonds. The molecule has 0 radical (unpaired) electrons. The molecule has 0 fully saturated rings. The van der Waals surface area contributed by atoms with Crippen LogP contribution in [-0.4, -0.2) is 15.0 Å². The van der Waals surface area contributed by atoms with Crippen LogP contribution in [0.2, 0.25) is 0 Å². The highest BCUT2D eigenvalue weighted by Crippen LogP contribution is 2.43. The standard InChI is InChI=1S/C55H33N3O/c1-2-13-41-39(11-1)40-12-3-4-14-42(40)48-29-37(24-25-44(41)48)47-33-49-45-26-23-36(32-54(45)59-55(49)46-16-6-5-15-43(46)47)34-19-21-35(22-20-34)38-30-52(50-17-7-9-27-56-50)58-53(31-38)51-18-8-10-28-57-51/h1-33H. The molecule has 0 aliphatic rings. The molecular weight excluding hydrogens is 719 g/mol. The quantitative estimate of drug-likeness (QED) is 0.164. The summed E-state index contributed by atoms with van der Waals surface area (Å²) in [5.41, 5.74) is 11.8. The molecule has 0 atom stereocenters. The van der Waals surface area contributed by atoms with Crippen LogP contribution in [0.3, 0.4) is 0 Å². The minimum Gasteiger partial charge on any atom is -0.455 e. The van der Waals surface area contributed by atoms with Crippen LogP contribution in [0.5, 0.6) is 0 Å². The fraction of sp³-hybridized carbons (Fsp3) is 0. The Morgan fingerprint density at radius 2 is 0.780 bits per heavy atom. The van der Waals surface area contributed by atoms with E-state index in [4.69, 9.17) is 9.40 Å². The Morgan fingerprint density at radius 3 is 1.39 bits per heavy atom. The van der Waals surface area contributed by atoms with Crippen molar-refractivity contribution in [1.29, 1.82) is 0 Å². The van der Waals surface area contributed by atoms with Gasteiger partial charge in [0.15, 0.2) is 0 Å². The predicted octanol–water partition coefficient (Wildman–Crippen LogP) is 14.7. The molecular formula is C55H33N3O. The van der Waals surface area contributed by atoms with Crippen LogP contribution in [0.4, 0.5) is 0 Å². The maximum Gasteiger partial charge on any atom is 0.143 e. The number of hydrogen-bond acceptors (Lipinski definition) is 4. The number of pyridine rings is 3. The smallest absolute Gasteiger partial charge is 0.143 e. The molecule has 4 nitrogen and oxygen atoms in total. The molecule has 0 aliphatic carbocycles. The van der Waals surface area contributed by atoms with Gasteiger partial charge in [-0.25, -0.2) is 4.98 Å². The molecule has 0 spiro atoms. The van der Waals surface area contributed by atoms with Crippen LogP contribution < -0.4 is 0 Å². The summed E-state index contributed by atoms with van der Waals surface area (Å²) < 4.78 is 6.78. The van der Waals surface area contributed by atoms with E-state index in [1.54, 1.807) is 12.4 Å². The van der Waals surface area contributed by atoms with E-state index in [2.05, 4.69) is 162 Å². The van der Waals surface area contributed by atoms with Gasteiger partial charge in [0.25, 0.3) is 0 Å². The van der Waals surface area contributed by atoms with Gasteiger partial charge in [0.05, 0.1) is 22.8 Å². The van der Waals surface area contributed by atoms with Crippen molar-refractivity contribution in [3.8, 4) is 56.2 Å². The first-order valence-electron chi connectivity index (χ1n) is 19.9. The largest absolute Gasteiger partial charge is 0.455 e. The second-order valence-electron chi connectivity index (χ2n) is 15.1. The van der Waals surface area contributed by atoms with Gasteiger partial charge in [-0.15, -0.1) is 0 Å². The van der Waals surface area contributed by atoms with E-state index in [0.717, 1.165) is 72.4 Å². The van der Waals surface area contributed by atoms with Crippen molar-refractivity contribution in [3.05, 3.63) is 200 Å². The summed E-state index contributed by atoms with van der Waals surface area (Å²) in [5, 5.41) is 12.1. The van der Waals surface area contributed by atoms with Gasteiger partial charge in [0.2, 0.25) is 0 Å². The molecule has 274 valence electrons. The van der Waals surface area contributed by atoms with Crippen LogP contribution >= 0.6 is 0 Å². The van der Waals surface area contributed by atoms with Crippen molar-refractivity contribution in [2.45, 2.75) is 0 Å². The van der Waals surface area contributed by atoms with Gasteiger partial charge in [-0.3, -0.25) is 9.97 Å². The fourth-order valence-corrected chi connectivity index (χ4v) is 8.93. The minimum absolute atomic E-state index is 0.807. The zero-order chi connectivity index (χ0) is 38.9. The third kappa shape index (κ3) is 5.49. The summed E-state index contributed by atoms with van der Waals surface area (Å²) in [7, 11) is 0. The van der Waals surface area contributed by atoms with Gasteiger partial charge >= 0.3 is 0 Å². The van der Waals surface area contributed by atoms with Gasteiger partial charge in [0.1, 0.15) is 11.2 Å². The van der Waals surface area contributed by atoms with Crippen molar-refractivity contribution in [3.63, 3.8) is 0 Å². The van der Waals surface area contributed by atoms with Crippen LogP contribution in [0.15, 0.2) is 205 Å². The van der Waals surface area contributed by atoms with Gasteiger partial charge in [0, 0.05) is 28.6 Å². The lowest BCUT2D eigenvalue weighted by Gasteiger charge is -2.13. The van der Waals surface area contributed by atoms with Gasteiger partial charge in [-0.2, -0.15) is 0 Å². The van der Waals surface area contributed by atoms with E-state index in [9.17, 15) is 0 Å². The van der Waals surface area contributed by atoms with Gasteiger partial charge in [-0.05, 0) is 132 Å². The monoisotopic (exact) mass is 751 g/mol. The second-order valence-corrected chi connectivity index (χ2v) is 15.1. The Morgan fingerprint density at radius 1 is 0.288 bits per heavy atom. The summed E-state index contributed by atoms with van der Waals surface area (Å²) in [6, 6.07) is 66.7. The van der Waals surface area contributed by atoms with E-state index in [-0.39, 0.29) is 0 Å². The number of nitrogens with zero attached hydrogens (tertiary/aromatic N) is 3. The average molecular weight is 752 g/mol. The Hall–Kier alpha value is -7.95. The Balaban J connectivity index is 0.954. The number of fused-ring (bicyclic) bond motifs is 11. The van der Waals surface area contributed by atoms with Crippen LogP contribution in [0.25, 0.3) is 121 Å². The van der Waals surface area contributed by atoms with E-state index in [1.807, 2.05) is 36.4 Å². The van der Waals surface area contributed by atoms with E-state index in [1.165, 1.54) is 48.8 Å². The number of aromatic nitrogens is 3. The first-order valence-corrected chi connectivity index (χ1v) is 19.9. The highest BCUT2D eigenvalue weighted by atomic mass is 16.3. The Labute approximate surface area is 339 Å². The van der Waals surface area contributed by atoms with Crippen LogP contribution in [0.1, 0.15) is 0 Å². The molecule has 0 aliphatic heterocycles. The van der Waals surface area contributed by atoms with Crippen molar-refractivity contribution in [2.75, 3.05) is 0 Å². The van der Waals surface area contributed by atoms with Crippen LogP contribution in [0, 0.1) is 0 Å². The maximum absolute atomic E-state index is 6.78. The first kappa shape index (κ1) is 33.2. The lowest BCUT2D eigenvalue weighted by atomic mass is 9.90. The highest BCUT2D eigenvalue weighted by Gasteiger charge is 2.17. The normalized spacial score (nSPS) is 11.7. The topological polar surface area (TPSA) is 51.8 Å². The van der Waals surface area contributed by atoms with Crippen molar-refractivity contribution >= 4 is 65.0 Å². The summed E-state index contributed by atoms with van der Waals surface area (Å²) >= 11 is 0. The number of hydrogen-bond donors (Lipinski definition) is 0. The third-order valence-electron chi connectivity index (χ3n) is 11.8. The minimum atomic E-state index is 0.807. The molecule has 4 aromatic heterocycles.